The Kier molecular flexibility index (Phi) is 3.42. The van der Waals surface area contributed by atoms with Crippen LogP contribution in [0.15, 0.2) is 12.4 Å². The van der Waals surface area contributed by atoms with E-state index in [1.165, 1.54) is 0 Å². The van der Waals surface area contributed by atoms with Crippen LogP contribution in [0.3, 0.4) is 0 Å². The fourth-order valence-corrected chi connectivity index (χ4v) is 1.57. The largest absolute Gasteiger partial charge is 0.387 e. The lowest BCUT2D eigenvalue weighted by Crippen LogP contribution is -2.18. The average molecular weight is 197 g/mol. The molecule has 4 heteroatoms. The van der Waals surface area contributed by atoms with E-state index in [1.54, 1.807) is 6.20 Å². The predicted octanol–water partition coefficient (Wildman–Crippen LogP) is 1.88. The number of aromatic nitrogens is 2. The first-order chi connectivity index (χ1) is 6.16. The van der Waals surface area contributed by atoms with Crippen LogP contribution in [0, 0.1) is 0 Å². The molecule has 1 aromatic heterocycles. The molecule has 0 amide bonds. The summed E-state index contributed by atoms with van der Waals surface area (Å²) >= 11 is 4.90. The summed E-state index contributed by atoms with van der Waals surface area (Å²) in [6.07, 6.45) is 5.93. The van der Waals surface area contributed by atoms with Crippen molar-refractivity contribution in [2.24, 2.45) is 5.73 Å². The number of hydrogen-bond acceptors (Lipinski definition) is 2. The monoisotopic (exact) mass is 197 g/mol. The zero-order valence-electron chi connectivity index (χ0n) is 8.03. The van der Waals surface area contributed by atoms with Gasteiger partial charge in [0.25, 0.3) is 0 Å². The molecule has 0 fully saturated rings. The minimum absolute atomic E-state index is 0.368. The van der Waals surface area contributed by atoms with Gasteiger partial charge in [-0.05, 0) is 13.3 Å². The van der Waals surface area contributed by atoms with Crippen molar-refractivity contribution < 1.29 is 0 Å². The third-order valence-corrected chi connectivity index (χ3v) is 2.25. The first-order valence-electron chi connectivity index (χ1n) is 4.49. The van der Waals surface area contributed by atoms with Crippen LogP contribution in [0.25, 0.3) is 0 Å². The predicted molar refractivity (Wildman–Crippen MR) is 57.7 cm³/mol. The van der Waals surface area contributed by atoms with Crippen molar-refractivity contribution in [2.75, 3.05) is 0 Å². The van der Waals surface area contributed by atoms with Crippen molar-refractivity contribution in [2.45, 2.75) is 32.7 Å². The van der Waals surface area contributed by atoms with Crippen LogP contribution in [-0.2, 0) is 0 Å². The van der Waals surface area contributed by atoms with Crippen LogP contribution >= 0.6 is 12.2 Å². The van der Waals surface area contributed by atoms with E-state index in [2.05, 4.69) is 18.8 Å². The second-order valence-corrected chi connectivity index (χ2v) is 3.60. The molecule has 1 unspecified atom stereocenters. The quantitative estimate of drug-likeness (QED) is 0.749. The van der Waals surface area contributed by atoms with E-state index >= 15 is 0 Å². The van der Waals surface area contributed by atoms with Crippen LogP contribution in [0.4, 0.5) is 0 Å². The molecule has 0 radical (unpaired) electrons. The van der Waals surface area contributed by atoms with Gasteiger partial charge in [-0.25, -0.2) is 4.98 Å². The van der Waals surface area contributed by atoms with Gasteiger partial charge in [0.05, 0.1) is 0 Å². The topological polar surface area (TPSA) is 43.8 Å². The average Bonchev–Trinajstić information content (AvgIpc) is 2.52. The molecule has 1 rings (SSSR count). The summed E-state index contributed by atoms with van der Waals surface area (Å²) in [5.41, 5.74) is 5.54. The summed E-state index contributed by atoms with van der Waals surface area (Å²) in [4.78, 5) is 4.48. The van der Waals surface area contributed by atoms with Crippen molar-refractivity contribution in [3.8, 4) is 0 Å². The van der Waals surface area contributed by atoms with E-state index in [-0.39, 0.29) is 0 Å². The minimum Gasteiger partial charge on any atom is -0.387 e. The molecular formula is C9H15N3S. The Balaban J connectivity index is 2.86. The molecular weight excluding hydrogens is 182 g/mol. The zero-order valence-corrected chi connectivity index (χ0v) is 8.84. The Bertz CT molecular complexity index is 293. The molecule has 0 saturated heterocycles. The zero-order chi connectivity index (χ0) is 9.84. The third-order valence-electron chi connectivity index (χ3n) is 2.07. The summed E-state index contributed by atoms with van der Waals surface area (Å²) < 4.78 is 2.03. The minimum atomic E-state index is 0.368. The van der Waals surface area contributed by atoms with E-state index in [4.69, 9.17) is 18.0 Å². The van der Waals surface area contributed by atoms with Crippen LogP contribution in [-0.4, -0.2) is 14.5 Å². The molecule has 0 spiro atoms. The SMILES string of the molecule is CCCC(C)n1ccnc1C(N)=S. The number of nitrogens with zero attached hydrogens (tertiary/aromatic N) is 2. The molecule has 13 heavy (non-hydrogen) atoms. The highest BCUT2D eigenvalue weighted by Crippen LogP contribution is 2.14. The van der Waals surface area contributed by atoms with Crippen molar-refractivity contribution in [1.82, 2.24) is 9.55 Å². The molecule has 0 aliphatic carbocycles. The summed E-state index contributed by atoms with van der Waals surface area (Å²) in [7, 11) is 0. The highest BCUT2D eigenvalue weighted by atomic mass is 32.1. The molecule has 3 nitrogen and oxygen atoms in total. The molecule has 1 atom stereocenters. The van der Waals surface area contributed by atoms with E-state index in [0.717, 1.165) is 18.7 Å². The Labute approximate surface area is 84.0 Å². The maximum atomic E-state index is 5.54. The fraction of sp³-hybridized carbons (Fsp3) is 0.556. The number of imidazole rings is 1. The van der Waals surface area contributed by atoms with Crippen LogP contribution in [0.2, 0.25) is 0 Å². The van der Waals surface area contributed by atoms with E-state index in [0.29, 0.717) is 11.0 Å². The number of thiocarbonyl (C=S) groups is 1. The van der Waals surface area contributed by atoms with Gasteiger partial charge in [0.2, 0.25) is 0 Å². The van der Waals surface area contributed by atoms with Gasteiger partial charge in [0, 0.05) is 18.4 Å². The molecule has 0 saturated carbocycles. The number of hydrogen-bond donors (Lipinski definition) is 1. The van der Waals surface area contributed by atoms with Crippen LogP contribution < -0.4 is 5.73 Å². The highest BCUT2D eigenvalue weighted by molar-refractivity contribution is 7.80. The van der Waals surface area contributed by atoms with Crippen molar-refractivity contribution >= 4 is 17.2 Å². The molecule has 1 heterocycles. The Hall–Kier alpha value is -0.900. The van der Waals surface area contributed by atoms with Gasteiger partial charge in [-0.2, -0.15) is 0 Å². The lowest BCUT2D eigenvalue weighted by Gasteiger charge is -2.14. The summed E-state index contributed by atoms with van der Waals surface area (Å²) in [5.74, 6) is 0.718. The smallest absolute Gasteiger partial charge is 0.167 e. The van der Waals surface area contributed by atoms with Gasteiger partial charge in [-0.3, -0.25) is 0 Å². The number of rotatable bonds is 4. The Morgan fingerprint density at radius 2 is 2.46 bits per heavy atom. The summed E-state index contributed by atoms with van der Waals surface area (Å²) in [6.45, 7) is 4.31. The van der Waals surface area contributed by atoms with Crippen LogP contribution in [0.5, 0.6) is 0 Å². The van der Waals surface area contributed by atoms with Crippen LogP contribution in [0.1, 0.15) is 38.6 Å². The standard InChI is InChI=1S/C9H15N3S/c1-3-4-7(2)12-6-5-11-9(12)8(10)13/h5-7H,3-4H2,1-2H3,(H2,10,13). The summed E-state index contributed by atoms with van der Waals surface area (Å²) in [6, 6.07) is 0.420. The van der Waals surface area contributed by atoms with Gasteiger partial charge >= 0.3 is 0 Å². The maximum absolute atomic E-state index is 5.54. The lowest BCUT2D eigenvalue weighted by atomic mass is 10.2. The lowest BCUT2D eigenvalue weighted by molar-refractivity contribution is 0.497. The molecule has 0 bridgehead atoms. The van der Waals surface area contributed by atoms with Gasteiger partial charge in [0.15, 0.2) is 5.82 Å². The molecule has 0 aliphatic rings. The van der Waals surface area contributed by atoms with E-state index in [1.807, 2.05) is 10.8 Å². The second-order valence-electron chi connectivity index (χ2n) is 3.16. The van der Waals surface area contributed by atoms with E-state index in [9.17, 15) is 0 Å². The first-order valence-corrected chi connectivity index (χ1v) is 4.90. The molecule has 0 aromatic carbocycles. The first kappa shape index (κ1) is 10.2. The fourth-order valence-electron chi connectivity index (χ4n) is 1.42. The molecule has 0 aliphatic heterocycles. The highest BCUT2D eigenvalue weighted by Gasteiger charge is 2.10. The van der Waals surface area contributed by atoms with Crippen molar-refractivity contribution in [3.05, 3.63) is 18.2 Å². The maximum Gasteiger partial charge on any atom is 0.167 e. The second kappa shape index (κ2) is 4.37. The molecule has 1 aromatic rings. The van der Waals surface area contributed by atoms with Gasteiger partial charge in [0.1, 0.15) is 4.99 Å². The normalized spacial score (nSPS) is 12.8. The van der Waals surface area contributed by atoms with Crippen molar-refractivity contribution in [3.63, 3.8) is 0 Å². The third kappa shape index (κ3) is 2.28. The Morgan fingerprint density at radius 1 is 1.77 bits per heavy atom. The van der Waals surface area contributed by atoms with E-state index < -0.39 is 0 Å². The van der Waals surface area contributed by atoms with Gasteiger partial charge < -0.3 is 10.3 Å². The molecule has 2 N–H and O–H groups in total. The number of nitrogens with two attached hydrogens (primary N) is 1. The molecule has 72 valence electrons. The van der Waals surface area contributed by atoms with Crippen molar-refractivity contribution in [1.29, 1.82) is 0 Å². The van der Waals surface area contributed by atoms with Gasteiger partial charge in [-0.1, -0.05) is 25.6 Å². The summed E-state index contributed by atoms with van der Waals surface area (Å²) in [5, 5.41) is 0. The van der Waals surface area contributed by atoms with Gasteiger partial charge in [-0.15, -0.1) is 0 Å². The Morgan fingerprint density at radius 3 is 3.00 bits per heavy atom.